The molecular weight excluding hydrogens is 278 g/mol. The normalized spacial score (nSPS) is 12.2. The molecule has 0 fully saturated rings. The Morgan fingerprint density at radius 3 is 3.05 bits per heavy atom. The number of hydrogen-bond donors (Lipinski definition) is 2. The lowest BCUT2D eigenvalue weighted by atomic mass is 10.2. The first-order chi connectivity index (χ1) is 9.74. The van der Waals surface area contributed by atoms with Crippen molar-refractivity contribution in [3.8, 4) is 11.5 Å². The zero-order chi connectivity index (χ0) is 13.9. The fourth-order valence-corrected chi connectivity index (χ4v) is 2.52. The number of carbonyl (C=O) groups excluding carboxylic acids is 1. The summed E-state index contributed by atoms with van der Waals surface area (Å²) in [6.07, 6.45) is 0.243. The molecule has 0 radical (unpaired) electrons. The molecule has 104 valence electrons. The summed E-state index contributed by atoms with van der Waals surface area (Å²) in [7, 11) is 1.80. The third-order valence-electron chi connectivity index (χ3n) is 2.76. The van der Waals surface area contributed by atoms with E-state index >= 15 is 0 Å². The van der Waals surface area contributed by atoms with Gasteiger partial charge in [0.25, 0.3) is 0 Å². The van der Waals surface area contributed by atoms with E-state index in [0.29, 0.717) is 17.2 Å². The molecule has 1 aromatic carbocycles. The van der Waals surface area contributed by atoms with Gasteiger partial charge in [-0.05, 0) is 12.1 Å². The number of fused-ring (bicyclic) bond motifs is 1. The number of hydrogen-bond acceptors (Lipinski definition) is 6. The summed E-state index contributed by atoms with van der Waals surface area (Å²) in [6, 6.07) is 5.31. The van der Waals surface area contributed by atoms with Crippen molar-refractivity contribution in [3.63, 3.8) is 0 Å². The average molecular weight is 291 g/mol. The molecule has 0 bridgehead atoms. The Bertz CT molecular complexity index is 642. The predicted octanol–water partition coefficient (Wildman–Crippen LogP) is 2.09. The van der Waals surface area contributed by atoms with E-state index in [1.165, 1.54) is 11.3 Å². The second kappa shape index (κ2) is 5.38. The van der Waals surface area contributed by atoms with Crippen LogP contribution in [0.15, 0.2) is 23.6 Å². The Labute approximate surface area is 119 Å². The third-order valence-corrected chi connectivity index (χ3v) is 3.67. The summed E-state index contributed by atoms with van der Waals surface area (Å²) in [5.41, 5.74) is 1.43. The van der Waals surface area contributed by atoms with Crippen LogP contribution in [0.2, 0.25) is 0 Å². The van der Waals surface area contributed by atoms with E-state index in [1.54, 1.807) is 25.2 Å². The van der Waals surface area contributed by atoms with Gasteiger partial charge in [-0.2, -0.15) is 0 Å². The van der Waals surface area contributed by atoms with Gasteiger partial charge in [0.05, 0.1) is 12.1 Å². The Morgan fingerprint density at radius 2 is 2.25 bits per heavy atom. The van der Waals surface area contributed by atoms with E-state index in [4.69, 9.17) is 9.47 Å². The summed E-state index contributed by atoms with van der Waals surface area (Å²) in [4.78, 5) is 16.2. The first-order valence-corrected chi connectivity index (χ1v) is 6.94. The number of nitrogens with one attached hydrogen (secondary N) is 2. The Balaban J connectivity index is 1.64. The number of carbonyl (C=O) groups is 1. The highest BCUT2D eigenvalue weighted by Gasteiger charge is 2.14. The number of anilines is 2. The maximum atomic E-state index is 11.9. The van der Waals surface area contributed by atoms with Gasteiger partial charge in [-0.3, -0.25) is 4.79 Å². The Morgan fingerprint density at radius 1 is 1.40 bits per heavy atom. The molecule has 2 aromatic rings. The van der Waals surface area contributed by atoms with Crippen LogP contribution in [0.5, 0.6) is 11.5 Å². The van der Waals surface area contributed by atoms with E-state index in [1.807, 2.05) is 5.38 Å². The molecule has 0 saturated carbocycles. The van der Waals surface area contributed by atoms with Gasteiger partial charge in [-0.1, -0.05) is 0 Å². The van der Waals surface area contributed by atoms with E-state index in [2.05, 4.69) is 15.6 Å². The molecule has 0 aliphatic carbocycles. The number of benzene rings is 1. The molecule has 0 spiro atoms. The molecule has 1 amide bonds. The van der Waals surface area contributed by atoms with Gasteiger partial charge in [0.2, 0.25) is 12.7 Å². The number of aromatic nitrogens is 1. The van der Waals surface area contributed by atoms with Crippen LogP contribution in [-0.4, -0.2) is 24.7 Å². The molecule has 1 aliphatic heterocycles. The van der Waals surface area contributed by atoms with Crippen LogP contribution >= 0.6 is 11.3 Å². The van der Waals surface area contributed by atoms with Crippen molar-refractivity contribution in [2.75, 3.05) is 24.5 Å². The van der Waals surface area contributed by atoms with Crippen molar-refractivity contribution in [1.82, 2.24) is 4.98 Å². The van der Waals surface area contributed by atoms with Crippen LogP contribution in [0.4, 0.5) is 10.8 Å². The van der Waals surface area contributed by atoms with E-state index < -0.39 is 0 Å². The molecule has 2 N–H and O–H groups in total. The molecule has 1 aliphatic rings. The average Bonchev–Trinajstić information content (AvgIpc) is 3.06. The molecule has 1 aromatic heterocycles. The second-order valence-electron chi connectivity index (χ2n) is 4.19. The largest absolute Gasteiger partial charge is 0.454 e. The van der Waals surface area contributed by atoms with Crippen LogP contribution in [0, 0.1) is 0 Å². The Kier molecular flexibility index (Phi) is 3.42. The number of nitrogens with zero attached hydrogens (tertiary/aromatic N) is 1. The summed E-state index contributed by atoms with van der Waals surface area (Å²) < 4.78 is 10.5. The quantitative estimate of drug-likeness (QED) is 0.902. The van der Waals surface area contributed by atoms with Crippen molar-refractivity contribution < 1.29 is 14.3 Å². The molecule has 0 saturated heterocycles. The monoisotopic (exact) mass is 291 g/mol. The lowest BCUT2D eigenvalue weighted by Crippen LogP contribution is -2.14. The SMILES string of the molecule is CNc1nc(CC(=O)Nc2ccc3c(c2)OCO3)cs1. The summed E-state index contributed by atoms with van der Waals surface area (Å²) >= 11 is 1.48. The topological polar surface area (TPSA) is 72.5 Å². The molecule has 20 heavy (non-hydrogen) atoms. The zero-order valence-electron chi connectivity index (χ0n) is 10.8. The van der Waals surface area contributed by atoms with Crippen LogP contribution in [0.25, 0.3) is 0 Å². The molecule has 3 rings (SSSR count). The first kappa shape index (κ1) is 12.7. The number of amides is 1. The fraction of sp³-hybridized carbons (Fsp3) is 0.231. The van der Waals surface area contributed by atoms with Crippen LogP contribution < -0.4 is 20.1 Å². The smallest absolute Gasteiger partial charge is 0.231 e. The predicted molar refractivity (Wildman–Crippen MR) is 76.6 cm³/mol. The highest BCUT2D eigenvalue weighted by atomic mass is 32.1. The van der Waals surface area contributed by atoms with Gasteiger partial charge in [0, 0.05) is 24.2 Å². The highest BCUT2D eigenvalue weighted by molar-refractivity contribution is 7.13. The minimum atomic E-state index is -0.114. The molecule has 7 heteroatoms. The fourth-order valence-electron chi connectivity index (χ4n) is 1.85. The van der Waals surface area contributed by atoms with Gasteiger partial charge in [-0.15, -0.1) is 11.3 Å². The van der Waals surface area contributed by atoms with E-state index in [-0.39, 0.29) is 19.1 Å². The minimum Gasteiger partial charge on any atom is -0.454 e. The van der Waals surface area contributed by atoms with E-state index in [9.17, 15) is 4.79 Å². The molecule has 0 unspecified atom stereocenters. The van der Waals surface area contributed by atoms with Gasteiger partial charge in [0.15, 0.2) is 16.6 Å². The minimum absolute atomic E-state index is 0.114. The summed E-state index contributed by atoms with van der Waals surface area (Å²) in [5, 5.41) is 8.43. The van der Waals surface area contributed by atoms with Crippen LogP contribution in [0.1, 0.15) is 5.69 Å². The molecule has 0 atom stereocenters. The lowest BCUT2D eigenvalue weighted by Gasteiger charge is -2.05. The highest BCUT2D eigenvalue weighted by Crippen LogP contribution is 2.34. The zero-order valence-corrected chi connectivity index (χ0v) is 11.6. The third kappa shape index (κ3) is 2.67. The Hall–Kier alpha value is -2.28. The van der Waals surface area contributed by atoms with Crippen molar-refractivity contribution in [2.45, 2.75) is 6.42 Å². The number of ether oxygens (including phenoxy) is 2. The van der Waals surface area contributed by atoms with Crippen molar-refractivity contribution in [3.05, 3.63) is 29.3 Å². The van der Waals surface area contributed by atoms with Gasteiger partial charge in [-0.25, -0.2) is 4.98 Å². The molecular formula is C13H13N3O3S. The first-order valence-electron chi connectivity index (χ1n) is 6.06. The molecule has 2 heterocycles. The standard InChI is InChI=1S/C13H13N3O3S/c1-14-13-16-9(6-20-13)5-12(17)15-8-2-3-10-11(4-8)19-7-18-10/h2-4,6H,5,7H2,1H3,(H,14,16)(H,15,17). The van der Waals surface area contributed by atoms with Crippen molar-refractivity contribution in [1.29, 1.82) is 0 Å². The van der Waals surface area contributed by atoms with Crippen LogP contribution in [0.3, 0.4) is 0 Å². The maximum absolute atomic E-state index is 11.9. The lowest BCUT2D eigenvalue weighted by molar-refractivity contribution is -0.115. The van der Waals surface area contributed by atoms with Crippen molar-refractivity contribution in [2.24, 2.45) is 0 Å². The van der Waals surface area contributed by atoms with Gasteiger partial charge < -0.3 is 20.1 Å². The summed E-state index contributed by atoms with van der Waals surface area (Å²) in [5.74, 6) is 1.23. The number of rotatable bonds is 4. The number of thiazole rings is 1. The van der Waals surface area contributed by atoms with Gasteiger partial charge >= 0.3 is 0 Å². The van der Waals surface area contributed by atoms with Crippen LogP contribution in [-0.2, 0) is 11.2 Å². The molecule has 6 nitrogen and oxygen atoms in total. The van der Waals surface area contributed by atoms with Gasteiger partial charge in [0.1, 0.15) is 0 Å². The van der Waals surface area contributed by atoms with E-state index in [0.717, 1.165) is 10.8 Å². The van der Waals surface area contributed by atoms with Crippen molar-refractivity contribution >= 4 is 28.1 Å². The second-order valence-corrected chi connectivity index (χ2v) is 5.05. The summed E-state index contributed by atoms with van der Waals surface area (Å²) in [6.45, 7) is 0.221. The maximum Gasteiger partial charge on any atom is 0.231 e.